The van der Waals surface area contributed by atoms with E-state index in [1.807, 2.05) is 0 Å². The highest BCUT2D eigenvalue weighted by Crippen LogP contribution is 2.33. The van der Waals surface area contributed by atoms with Crippen molar-refractivity contribution in [1.82, 2.24) is 5.32 Å². The van der Waals surface area contributed by atoms with Crippen LogP contribution in [0.2, 0.25) is 0 Å². The van der Waals surface area contributed by atoms with Crippen molar-refractivity contribution in [2.45, 2.75) is 70.8 Å². The minimum Gasteiger partial charge on any atom is -0.338 e. The van der Waals surface area contributed by atoms with E-state index in [0.29, 0.717) is 5.92 Å². The molecule has 0 spiro atoms. The maximum Gasteiger partial charge on any atom is 0.224 e. The van der Waals surface area contributed by atoms with Crippen molar-refractivity contribution in [3.05, 3.63) is 0 Å². The van der Waals surface area contributed by atoms with Gasteiger partial charge in [-0.1, -0.05) is 13.8 Å². The number of hydrogen-bond acceptors (Lipinski definition) is 2. The zero-order chi connectivity index (χ0) is 13.9. The molecule has 0 heterocycles. The van der Waals surface area contributed by atoms with Crippen molar-refractivity contribution in [2.75, 3.05) is 0 Å². The smallest absolute Gasteiger partial charge is 0.224 e. The summed E-state index contributed by atoms with van der Waals surface area (Å²) in [6.45, 7) is 4.49. The van der Waals surface area contributed by atoms with Gasteiger partial charge in [-0.15, -0.1) is 0 Å². The molecule has 3 nitrogen and oxygen atoms in total. The molecule has 0 saturated heterocycles. The molecular formula is C16H26N2O. The molecule has 1 amide bonds. The Morgan fingerprint density at radius 1 is 1.05 bits per heavy atom. The number of nitrogens with zero attached hydrogens (tertiary/aromatic N) is 1. The summed E-state index contributed by atoms with van der Waals surface area (Å²) in [7, 11) is 0. The van der Waals surface area contributed by atoms with Crippen LogP contribution in [0.25, 0.3) is 0 Å². The Morgan fingerprint density at radius 3 is 2.11 bits per heavy atom. The van der Waals surface area contributed by atoms with E-state index in [1.165, 1.54) is 0 Å². The standard InChI is InChI=1S/C16H26N2O/c1-12-3-5-14(6-4-12)15(19)18-16(11-17)9-7-13(2)8-10-16/h12-14H,3-10H2,1-2H3,(H,18,19). The first kappa shape index (κ1) is 14.4. The Morgan fingerprint density at radius 2 is 1.58 bits per heavy atom. The molecule has 0 bridgehead atoms. The third kappa shape index (κ3) is 3.49. The fourth-order valence-corrected chi connectivity index (χ4v) is 3.38. The molecule has 0 radical (unpaired) electrons. The highest BCUT2D eigenvalue weighted by atomic mass is 16.2. The van der Waals surface area contributed by atoms with Crippen LogP contribution in [0, 0.1) is 29.1 Å². The number of nitrogens with one attached hydrogen (secondary N) is 1. The number of rotatable bonds is 2. The van der Waals surface area contributed by atoms with Gasteiger partial charge in [-0.05, 0) is 63.2 Å². The molecule has 0 aliphatic heterocycles. The zero-order valence-electron chi connectivity index (χ0n) is 12.2. The van der Waals surface area contributed by atoms with Crippen LogP contribution in [-0.4, -0.2) is 11.4 Å². The van der Waals surface area contributed by atoms with Crippen LogP contribution in [0.1, 0.15) is 65.2 Å². The summed E-state index contributed by atoms with van der Waals surface area (Å²) in [4.78, 5) is 12.4. The Hall–Kier alpha value is -1.04. The van der Waals surface area contributed by atoms with Crippen LogP contribution in [0.3, 0.4) is 0 Å². The van der Waals surface area contributed by atoms with Crippen molar-refractivity contribution < 1.29 is 4.79 Å². The molecular weight excluding hydrogens is 236 g/mol. The van der Waals surface area contributed by atoms with E-state index in [1.54, 1.807) is 0 Å². The Kier molecular flexibility index (Phi) is 4.50. The number of carbonyl (C=O) groups is 1. The summed E-state index contributed by atoms with van der Waals surface area (Å²) >= 11 is 0. The number of nitriles is 1. The van der Waals surface area contributed by atoms with Gasteiger partial charge in [-0.3, -0.25) is 4.79 Å². The van der Waals surface area contributed by atoms with Crippen LogP contribution in [0.5, 0.6) is 0 Å². The number of amides is 1. The molecule has 2 aliphatic rings. The molecule has 3 heteroatoms. The maximum atomic E-state index is 12.4. The fourth-order valence-electron chi connectivity index (χ4n) is 3.38. The van der Waals surface area contributed by atoms with Gasteiger partial charge < -0.3 is 5.32 Å². The average molecular weight is 262 g/mol. The SMILES string of the molecule is CC1CCC(C(=O)NC2(C#N)CCC(C)CC2)CC1. The Labute approximate surface area is 116 Å². The van der Waals surface area contributed by atoms with Gasteiger partial charge in [0.2, 0.25) is 5.91 Å². The Balaban J connectivity index is 1.91. The molecule has 0 aromatic rings. The first-order chi connectivity index (χ1) is 9.04. The van der Waals surface area contributed by atoms with E-state index in [0.717, 1.165) is 57.3 Å². The first-order valence-corrected chi connectivity index (χ1v) is 7.78. The van der Waals surface area contributed by atoms with Gasteiger partial charge in [-0.2, -0.15) is 5.26 Å². The summed E-state index contributed by atoms with van der Waals surface area (Å²) in [5.74, 6) is 1.71. The minimum absolute atomic E-state index is 0.128. The lowest BCUT2D eigenvalue weighted by Crippen LogP contribution is -2.51. The van der Waals surface area contributed by atoms with Crippen molar-refractivity contribution >= 4 is 5.91 Å². The van der Waals surface area contributed by atoms with E-state index in [-0.39, 0.29) is 11.8 Å². The van der Waals surface area contributed by atoms with Crippen molar-refractivity contribution in [3.63, 3.8) is 0 Å². The van der Waals surface area contributed by atoms with Crippen molar-refractivity contribution in [3.8, 4) is 6.07 Å². The van der Waals surface area contributed by atoms with Crippen LogP contribution in [-0.2, 0) is 4.79 Å². The highest BCUT2D eigenvalue weighted by Gasteiger charge is 2.37. The Bertz CT molecular complexity index is 355. The third-order valence-corrected chi connectivity index (χ3v) is 5.09. The second kappa shape index (κ2) is 5.94. The van der Waals surface area contributed by atoms with Gasteiger partial charge in [-0.25, -0.2) is 0 Å². The molecule has 2 aliphatic carbocycles. The molecule has 2 rings (SSSR count). The fraction of sp³-hybridized carbons (Fsp3) is 0.875. The summed E-state index contributed by atoms with van der Waals surface area (Å²) in [5.41, 5.74) is -0.577. The average Bonchev–Trinajstić information content (AvgIpc) is 2.42. The quantitative estimate of drug-likeness (QED) is 0.829. The summed E-state index contributed by atoms with van der Waals surface area (Å²) in [5, 5.41) is 12.5. The molecule has 1 N–H and O–H groups in total. The molecule has 0 atom stereocenters. The van der Waals surface area contributed by atoms with Crippen LogP contribution < -0.4 is 5.32 Å². The molecule has 0 aromatic heterocycles. The first-order valence-electron chi connectivity index (χ1n) is 7.78. The zero-order valence-corrected chi connectivity index (χ0v) is 12.2. The predicted molar refractivity (Wildman–Crippen MR) is 75.2 cm³/mol. The van der Waals surface area contributed by atoms with E-state index >= 15 is 0 Å². The second-order valence-corrected chi connectivity index (χ2v) is 6.82. The maximum absolute atomic E-state index is 12.4. The van der Waals surface area contributed by atoms with E-state index in [4.69, 9.17) is 0 Å². The monoisotopic (exact) mass is 262 g/mol. The molecule has 0 aromatic carbocycles. The number of carbonyl (C=O) groups excluding carboxylic acids is 1. The minimum atomic E-state index is -0.577. The van der Waals surface area contributed by atoms with E-state index in [2.05, 4.69) is 25.2 Å². The molecule has 0 unspecified atom stereocenters. The lowest BCUT2D eigenvalue weighted by atomic mass is 9.77. The van der Waals surface area contributed by atoms with E-state index in [9.17, 15) is 10.1 Å². The summed E-state index contributed by atoms with van der Waals surface area (Å²) in [6.07, 6.45) is 8.02. The van der Waals surface area contributed by atoms with Crippen LogP contribution >= 0.6 is 0 Å². The van der Waals surface area contributed by atoms with Crippen molar-refractivity contribution in [2.24, 2.45) is 17.8 Å². The van der Waals surface area contributed by atoms with Crippen LogP contribution in [0.15, 0.2) is 0 Å². The van der Waals surface area contributed by atoms with Crippen molar-refractivity contribution in [1.29, 1.82) is 5.26 Å². The third-order valence-electron chi connectivity index (χ3n) is 5.09. The predicted octanol–water partition coefficient (Wildman–Crippen LogP) is 3.40. The van der Waals surface area contributed by atoms with E-state index < -0.39 is 5.54 Å². The lowest BCUT2D eigenvalue weighted by molar-refractivity contribution is -0.128. The van der Waals surface area contributed by atoms with Crippen LogP contribution in [0.4, 0.5) is 0 Å². The molecule has 19 heavy (non-hydrogen) atoms. The van der Waals surface area contributed by atoms with Gasteiger partial charge in [0.1, 0.15) is 5.54 Å². The number of hydrogen-bond donors (Lipinski definition) is 1. The summed E-state index contributed by atoms with van der Waals surface area (Å²) in [6, 6.07) is 2.38. The topological polar surface area (TPSA) is 52.9 Å². The van der Waals surface area contributed by atoms with Gasteiger partial charge in [0.25, 0.3) is 0 Å². The second-order valence-electron chi connectivity index (χ2n) is 6.82. The lowest BCUT2D eigenvalue weighted by Gasteiger charge is -2.36. The van der Waals surface area contributed by atoms with Gasteiger partial charge in [0.05, 0.1) is 6.07 Å². The molecule has 2 fully saturated rings. The van der Waals surface area contributed by atoms with Gasteiger partial charge in [0.15, 0.2) is 0 Å². The largest absolute Gasteiger partial charge is 0.338 e. The highest BCUT2D eigenvalue weighted by molar-refractivity contribution is 5.80. The summed E-state index contributed by atoms with van der Waals surface area (Å²) < 4.78 is 0. The normalized spacial score (nSPS) is 39.3. The van der Waals surface area contributed by atoms with Gasteiger partial charge >= 0.3 is 0 Å². The molecule has 106 valence electrons. The van der Waals surface area contributed by atoms with Gasteiger partial charge in [0, 0.05) is 5.92 Å². The molecule has 2 saturated carbocycles.